The third kappa shape index (κ3) is 5.76. The lowest BCUT2D eigenvalue weighted by Crippen LogP contribution is -2.24. The van der Waals surface area contributed by atoms with Crippen LogP contribution in [0.5, 0.6) is 5.75 Å². The van der Waals surface area contributed by atoms with Crippen LogP contribution in [0.25, 0.3) is 11.0 Å². The molecule has 1 saturated heterocycles. The Hall–Kier alpha value is -2.82. The Balaban J connectivity index is 1.43. The third-order valence-electron chi connectivity index (χ3n) is 6.78. The molecule has 0 N–H and O–H groups in total. The Morgan fingerprint density at radius 1 is 0.970 bits per heavy atom. The van der Waals surface area contributed by atoms with E-state index in [1.165, 1.54) is 44.0 Å². The molecule has 3 aromatic rings. The molecular formula is C28H37N3O2. The highest BCUT2D eigenvalue weighted by molar-refractivity contribution is 5.81. The van der Waals surface area contributed by atoms with Gasteiger partial charge in [0, 0.05) is 32.0 Å². The van der Waals surface area contributed by atoms with Crippen LogP contribution in [-0.4, -0.2) is 34.0 Å². The van der Waals surface area contributed by atoms with Crippen molar-refractivity contribution in [2.24, 2.45) is 0 Å². The first-order chi connectivity index (χ1) is 16.2. The number of hydrogen-bond acceptors (Lipinski definition) is 3. The molecule has 1 unspecified atom stereocenters. The van der Waals surface area contributed by atoms with Crippen molar-refractivity contribution in [3.63, 3.8) is 0 Å². The van der Waals surface area contributed by atoms with E-state index >= 15 is 0 Å². The highest BCUT2D eigenvalue weighted by Gasteiger charge is 2.33. The van der Waals surface area contributed by atoms with Gasteiger partial charge in [-0.05, 0) is 36.2 Å². The number of unbranched alkanes of at least 4 members (excludes halogenated alkanes) is 6. The Kier molecular flexibility index (Phi) is 8.03. The van der Waals surface area contributed by atoms with Crippen molar-refractivity contribution in [2.45, 2.75) is 77.3 Å². The van der Waals surface area contributed by atoms with Gasteiger partial charge in [0.05, 0.1) is 18.1 Å². The van der Waals surface area contributed by atoms with Gasteiger partial charge in [0.1, 0.15) is 11.6 Å². The van der Waals surface area contributed by atoms with E-state index in [1.807, 2.05) is 35.2 Å². The molecule has 2 aromatic carbocycles. The zero-order valence-electron chi connectivity index (χ0n) is 20.1. The van der Waals surface area contributed by atoms with E-state index in [2.05, 4.69) is 29.7 Å². The summed E-state index contributed by atoms with van der Waals surface area (Å²) >= 11 is 0. The molecule has 0 bridgehead atoms. The fourth-order valence-corrected chi connectivity index (χ4v) is 4.92. The van der Waals surface area contributed by atoms with Gasteiger partial charge in [0.2, 0.25) is 5.91 Å². The number of nitrogens with zero attached hydrogens (tertiary/aromatic N) is 3. The maximum atomic E-state index is 12.9. The molecule has 5 heteroatoms. The summed E-state index contributed by atoms with van der Waals surface area (Å²) in [6.45, 7) is 4.60. The van der Waals surface area contributed by atoms with E-state index in [4.69, 9.17) is 9.72 Å². The van der Waals surface area contributed by atoms with Gasteiger partial charge in [-0.25, -0.2) is 4.98 Å². The van der Waals surface area contributed by atoms with E-state index in [9.17, 15) is 4.79 Å². The summed E-state index contributed by atoms with van der Waals surface area (Å²) in [7, 11) is 1.67. The molecule has 33 heavy (non-hydrogen) atoms. The molecule has 1 aliphatic heterocycles. The van der Waals surface area contributed by atoms with Crippen LogP contribution in [0.3, 0.4) is 0 Å². The molecule has 4 rings (SSSR count). The molecule has 5 nitrogen and oxygen atoms in total. The number of para-hydroxylation sites is 2. The van der Waals surface area contributed by atoms with Crippen molar-refractivity contribution in [3.05, 3.63) is 59.9 Å². The number of imidazole rings is 1. The van der Waals surface area contributed by atoms with Crippen molar-refractivity contribution in [3.8, 4) is 5.75 Å². The van der Waals surface area contributed by atoms with E-state index in [0.29, 0.717) is 13.0 Å². The first-order valence-electron chi connectivity index (χ1n) is 12.6. The fourth-order valence-electron chi connectivity index (χ4n) is 4.92. The zero-order valence-corrected chi connectivity index (χ0v) is 20.1. The van der Waals surface area contributed by atoms with Crippen LogP contribution in [0, 0.1) is 0 Å². The molecule has 2 heterocycles. The largest absolute Gasteiger partial charge is 0.497 e. The average Bonchev–Trinajstić information content (AvgIpc) is 3.39. The van der Waals surface area contributed by atoms with Gasteiger partial charge in [-0.15, -0.1) is 0 Å². The number of ether oxygens (including phenoxy) is 1. The number of likely N-dealkylation sites (tertiary alicyclic amines) is 1. The molecule has 1 atom stereocenters. The van der Waals surface area contributed by atoms with Gasteiger partial charge in [0.25, 0.3) is 0 Å². The molecular weight excluding hydrogens is 410 g/mol. The lowest BCUT2D eigenvalue weighted by atomic mass is 10.1. The van der Waals surface area contributed by atoms with Gasteiger partial charge in [-0.1, -0.05) is 69.7 Å². The van der Waals surface area contributed by atoms with E-state index in [1.54, 1.807) is 7.11 Å². The number of amides is 1. The van der Waals surface area contributed by atoms with Crippen molar-refractivity contribution >= 4 is 16.9 Å². The SMILES string of the molecule is CCCCCCCCCn1c(C2CC(=O)N(Cc3ccc(OC)cc3)C2)nc2ccccc21. The Bertz CT molecular complexity index is 1040. The number of hydrogen-bond donors (Lipinski definition) is 0. The first-order valence-corrected chi connectivity index (χ1v) is 12.6. The molecule has 0 aliphatic carbocycles. The minimum absolute atomic E-state index is 0.146. The Morgan fingerprint density at radius 2 is 1.70 bits per heavy atom. The van der Waals surface area contributed by atoms with Crippen molar-refractivity contribution in [1.29, 1.82) is 0 Å². The molecule has 1 aromatic heterocycles. The summed E-state index contributed by atoms with van der Waals surface area (Å²) in [4.78, 5) is 19.8. The maximum Gasteiger partial charge on any atom is 0.223 e. The highest BCUT2D eigenvalue weighted by atomic mass is 16.5. The summed E-state index contributed by atoms with van der Waals surface area (Å²) in [6.07, 6.45) is 9.58. The lowest BCUT2D eigenvalue weighted by molar-refractivity contribution is -0.128. The highest BCUT2D eigenvalue weighted by Crippen LogP contribution is 2.31. The van der Waals surface area contributed by atoms with Crippen LogP contribution in [0.15, 0.2) is 48.5 Å². The van der Waals surface area contributed by atoms with Crippen LogP contribution in [0.4, 0.5) is 0 Å². The van der Waals surface area contributed by atoms with Crippen molar-refractivity contribution in [2.75, 3.05) is 13.7 Å². The predicted molar refractivity (Wildman–Crippen MR) is 133 cm³/mol. The summed E-state index contributed by atoms with van der Waals surface area (Å²) in [5.74, 6) is 2.27. The second-order valence-electron chi connectivity index (χ2n) is 9.26. The number of carbonyl (C=O) groups is 1. The van der Waals surface area contributed by atoms with E-state index in [0.717, 1.165) is 42.2 Å². The van der Waals surface area contributed by atoms with Gasteiger partial charge < -0.3 is 14.2 Å². The van der Waals surface area contributed by atoms with Gasteiger partial charge in [-0.2, -0.15) is 0 Å². The topological polar surface area (TPSA) is 47.4 Å². The lowest BCUT2D eigenvalue weighted by Gasteiger charge is -2.18. The fraction of sp³-hybridized carbons (Fsp3) is 0.500. The molecule has 0 spiro atoms. The molecule has 0 radical (unpaired) electrons. The summed E-state index contributed by atoms with van der Waals surface area (Å²) in [5.41, 5.74) is 3.36. The molecule has 1 amide bonds. The number of carbonyl (C=O) groups excluding carboxylic acids is 1. The maximum absolute atomic E-state index is 12.9. The number of aryl methyl sites for hydroxylation is 1. The van der Waals surface area contributed by atoms with Crippen LogP contribution in [-0.2, 0) is 17.9 Å². The zero-order chi connectivity index (χ0) is 23.0. The number of aromatic nitrogens is 2. The van der Waals surface area contributed by atoms with E-state index < -0.39 is 0 Å². The average molecular weight is 448 g/mol. The standard InChI is InChI=1S/C28H37N3O2/c1-3-4-5-6-7-8-11-18-31-26-13-10-9-12-25(26)29-28(31)23-19-27(32)30(21-23)20-22-14-16-24(33-2)17-15-22/h9-10,12-17,23H,3-8,11,18-21H2,1-2H3. The molecule has 1 fully saturated rings. The Morgan fingerprint density at radius 3 is 2.45 bits per heavy atom. The van der Waals surface area contributed by atoms with Crippen LogP contribution in [0.2, 0.25) is 0 Å². The first kappa shape index (κ1) is 23.3. The Labute approximate surface area is 197 Å². The van der Waals surface area contributed by atoms with Crippen LogP contribution < -0.4 is 4.74 Å². The summed E-state index contributed by atoms with van der Waals surface area (Å²) in [5, 5.41) is 0. The predicted octanol–water partition coefficient (Wildman–Crippen LogP) is 6.31. The smallest absolute Gasteiger partial charge is 0.223 e. The minimum atomic E-state index is 0.146. The second-order valence-corrected chi connectivity index (χ2v) is 9.26. The van der Waals surface area contributed by atoms with Gasteiger partial charge in [-0.3, -0.25) is 4.79 Å². The third-order valence-corrected chi connectivity index (χ3v) is 6.78. The van der Waals surface area contributed by atoms with Crippen LogP contribution >= 0.6 is 0 Å². The monoisotopic (exact) mass is 447 g/mol. The minimum Gasteiger partial charge on any atom is -0.497 e. The van der Waals surface area contributed by atoms with Gasteiger partial charge >= 0.3 is 0 Å². The van der Waals surface area contributed by atoms with Crippen LogP contribution in [0.1, 0.15) is 75.6 Å². The van der Waals surface area contributed by atoms with Gasteiger partial charge in [0.15, 0.2) is 0 Å². The number of benzene rings is 2. The summed E-state index contributed by atoms with van der Waals surface area (Å²) in [6, 6.07) is 16.4. The number of fused-ring (bicyclic) bond motifs is 1. The second kappa shape index (κ2) is 11.4. The summed E-state index contributed by atoms with van der Waals surface area (Å²) < 4.78 is 7.64. The molecule has 0 saturated carbocycles. The van der Waals surface area contributed by atoms with Crippen molar-refractivity contribution < 1.29 is 9.53 Å². The molecule has 176 valence electrons. The number of methoxy groups -OCH3 is 1. The normalized spacial score (nSPS) is 16.1. The van der Waals surface area contributed by atoms with Crippen molar-refractivity contribution in [1.82, 2.24) is 14.5 Å². The van der Waals surface area contributed by atoms with E-state index in [-0.39, 0.29) is 11.8 Å². The molecule has 1 aliphatic rings. The quantitative estimate of drug-likeness (QED) is 0.306. The number of rotatable bonds is 12.